The van der Waals surface area contributed by atoms with Gasteiger partial charge in [0.05, 0.1) is 12.1 Å². The van der Waals surface area contributed by atoms with Gasteiger partial charge in [0.25, 0.3) is 0 Å². The zero-order chi connectivity index (χ0) is 18.4. The number of halogens is 2. The van der Waals surface area contributed by atoms with Crippen LogP contribution in [0.5, 0.6) is 0 Å². The quantitative estimate of drug-likeness (QED) is 0.822. The van der Waals surface area contributed by atoms with Crippen molar-refractivity contribution < 1.29 is 23.4 Å². The highest BCUT2D eigenvalue weighted by molar-refractivity contribution is 5.88. The van der Waals surface area contributed by atoms with Crippen molar-refractivity contribution in [1.82, 2.24) is 0 Å². The molecule has 0 bridgehead atoms. The number of carboxylic acid groups (broad SMARTS) is 1. The largest absolute Gasteiger partial charge is 0.477 e. The van der Waals surface area contributed by atoms with Gasteiger partial charge in [-0.3, -0.25) is 0 Å². The Morgan fingerprint density at radius 1 is 1.23 bits per heavy atom. The maximum atomic E-state index is 14.2. The number of rotatable bonds is 2. The Kier molecular flexibility index (Phi) is 4.15. The van der Waals surface area contributed by atoms with Crippen molar-refractivity contribution in [2.24, 2.45) is 5.92 Å². The van der Waals surface area contributed by atoms with Gasteiger partial charge >= 0.3 is 5.97 Å². The molecular formula is C20H19F2NO3. The molecule has 2 aromatic rings. The van der Waals surface area contributed by atoms with Gasteiger partial charge in [-0.15, -0.1) is 0 Å². The van der Waals surface area contributed by atoms with Crippen LogP contribution in [0.4, 0.5) is 14.5 Å². The number of ether oxygens (including phenoxy) is 1. The zero-order valence-corrected chi connectivity index (χ0v) is 14.3. The molecule has 26 heavy (non-hydrogen) atoms. The van der Waals surface area contributed by atoms with E-state index in [2.05, 4.69) is 11.4 Å². The molecule has 2 aromatic carbocycles. The van der Waals surface area contributed by atoms with E-state index in [1.807, 2.05) is 19.1 Å². The minimum absolute atomic E-state index is 0.0209. The molecule has 2 N–H and O–H groups in total. The number of anilines is 1. The molecule has 1 saturated heterocycles. The van der Waals surface area contributed by atoms with Crippen molar-refractivity contribution in [1.29, 1.82) is 0 Å². The van der Waals surface area contributed by atoms with Gasteiger partial charge in [-0.05, 0) is 43.5 Å². The lowest BCUT2D eigenvalue weighted by Gasteiger charge is -2.43. The smallest absolute Gasteiger partial charge is 0.341 e. The maximum absolute atomic E-state index is 14.2. The van der Waals surface area contributed by atoms with E-state index in [1.54, 1.807) is 0 Å². The van der Waals surface area contributed by atoms with E-state index in [0.29, 0.717) is 12.2 Å². The molecule has 136 valence electrons. The third-order valence-electron chi connectivity index (χ3n) is 5.26. The molecule has 0 aromatic heterocycles. The predicted molar refractivity (Wildman–Crippen MR) is 92.3 cm³/mol. The number of nitrogens with one attached hydrogen (secondary N) is 1. The molecule has 0 radical (unpaired) electrons. The lowest BCUT2D eigenvalue weighted by molar-refractivity contribution is -0.0382. The topological polar surface area (TPSA) is 58.6 Å². The van der Waals surface area contributed by atoms with Gasteiger partial charge in [0.1, 0.15) is 17.2 Å². The fraction of sp³-hybridized carbons (Fsp3) is 0.350. The lowest BCUT2D eigenvalue weighted by atomic mass is 9.77. The summed E-state index contributed by atoms with van der Waals surface area (Å²) in [7, 11) is 0. The first kappa shape index (κ1) is 17.0. The summed E-state index contributed by atoms with van der Waals surface area (Å²) in [5.41, 5.74) is 2.55. The normalized spacial score (nSPS) is 24.3. The molecule has 3 atom stereocenters. The van der Waals surface area contributed by atoms with Crippen LogP contribution in [0.25, 0.3) is 0 Å². The Morgan fingerprint density at radius 2 is 1.96 bits per heavy atom. The van der Waals surface area contributed by atoms with E-state index >= 15 is 0 Å². The minimum Gasteiger partial charge on any atom is -0.477 e. The number of carbonyl (C=O) groups is 1. The van der Waals surface area contributed by atoms with Crippen molar-refractivity contribution in [3.63, 3.8) is 0 Å². The fourth-order valence-corrected chi connectivity index (χ4v) is 4.10. The van der Waals surface area contributed by atoms with Crippen LogP contribution >= 0.6 is 0 Å². The molecule has 0 spiro atoms. The maximum Gasteiger partial charge on any atom is 0.341 e. The van der Waals surface area contributed by atoms with E-state index < -0.39 is 23.2 Å². The number of fused-ring (bicyclic) bond motifs is 3. The molecule has 4 nitrogen and oxygen atoms in total. The number of carboxylic acids is 1. The first-order valence-electron chi connectivity index (χ1n) is 8.66. The third-order valence-corrected chi connectivity index (χ3v) is 5.26. The molecule has 6 heteroatoms. The Labute approximate surface area is 149 Å². The van der Waals surface area contributed by atoms with Crippen LogP contribution < -0.4 is 5.32 Å². The fourth-order valence-electron chi connectivity index (χ4n) is 4.10. The molecule has 0 amide bonds. The van der Waals surface area contributed by atoms with Crippen molar-refractivity contribution in [3.05, 3.63) is 64.2 Å². The summed E-state index contributed by atoms with van der Waals surface area (Å²) in [6, 6.07) is 7.90. The van der Waals surface area contributed by atoms with Gasteiger partial charge in [-0.1, -0.05) is 17.7 Å². The van der Waals surface area contributed by atoms with Crippen LogP contribution in [-0.2, 0) is 4.74 Å². The minimum atomic E-state index is -1.61. The second kappa shape index (κ2) is 6.36. The summed E-state index contributed by atoms with van der Waals surface area (Å²) in [4.78, 5) is 11.0. The zero-order valence-electron chi connectivity index (χ0n) is 14.3. The van der Waals surface area contributed by atoms with E-state index in [-0.39, 0.29) is 18.1 Å². The van der Waals surface area contributed by atoms with Crippen LogP contribution in [0.2, 0.25) is 0 Å². The summed E-state index contributed by atoms with van der Waals surface area (Å²) in [6.07, 6.45) is 1.59. The Morgan fingerprint density at radius 3 is 2.65 bits per heavy atom. The summed E-state index contributed by atoms with van der Waals surface area (Å²) in [5, 5.41) is 12.4. The highest BCUT2D eigenvalue weighted by Crippen LogP contribution is 2.49. The lowest BCUT2D eigenvalue weighted by Crippen LogP contribution is -2.36. The average molecular weight is 359 g/mol. The van der Waals surface area contributed by atoms with E-state index in [9.17, 15) is 13.6 Å². The highest BCUT2D eigenvalue weighted by Gasteiger charge is 2.40. The number of hydrogen-bond donors (Lipinski definition) is 2. The average Bonchev–Trinajstić information content (AvgIpc) is 2.60. The van der Waals surface area contributed by atoms with Gasteiger partial charge in [0.15, 0.2) is 0 Å². The van der Waals surface area contributed by atoms with E-state index in [1.165, 1.54) is 0 Å². The first-order chi connectivity index (χ1) is 12.5. The number of benzene rings is 2. The van der Waals surface area contributed by atoms with Crippen molar-refractivity contribution >= 4 is 11.7 Å². The van der Waals surface area contributed by atoms with Crippen molar-refractivity contribution in [2.45, 2.75) is 31.9 Å². The second-order valence-electron chi connectivity index (χ2n) is 6.97. The molecule has 2 aliphatic heterocycles. The summed E-state index contributed by atoms with van der Waals surface area (Å²) in [6.45, 7) is 2.67. The Bertz CT molecular complexity index is 860. The second-order valence-corrected chi connectivity index (χ2v) is 6.97. The Hall–Kier alpha value is -2.47. The predicted octanol–water partition coefficient (Wildman–Crippen LogP) is 4.61. The van der Waals surface area contributed by atoms with E-state index in [4.69, 9.17) is 9.84 Å². The van der Waals surface area contributed by atoms with Crippen LogP contribution in [0.1, 0.15) is 52.0 Å². The van der Waals surface area contributed by atoms with E-state index in [0.717, 1.165) is 41.8 Å². The Balaban J connectivity index is 1.79. The number of aryl methyl sites for hydroxylation is 1. The molecule has 4 rings (SSSR count). The molecule has 1 fully saturated rings. The molecule has 2 aliphatic rings. The van der Waals surface area contributed by atoms with Gasteiger partial charge < -0.3 is 15.2 Å². The van der Waals surface area contributed by atoms with Gasteiger partial charge in [0, 0.05) is 23.8 Å². The van der Waals surface area contributed by atoms with Gasteiger partial charge in [0.2, 0.25) is 0 Å². The van der Waals surface area contributed by atoms with Crippen molar-refractivity contribution in [3.8, 4) is 0 Å². The SMILES string of the molecule is Cc1ccc2c(c1)[C@@H]1OCCC[C@@H]1[C@@H](c1cc(F)c(C(=O)O)c(F)c1)N2. The summed E-state index contributed by atoms with van der Waals surface area (Å²) >= 11 is 0. The number of hydrogen-bond acceptors (Lipinski definition) is 3. The third kappa shape index (κ3) is 2.74. The van der Waals surface area contributed by atoms with Crippen LogP contribution in [-0.4, -0.2) is 17.7 Å². The first-order valence-corrected chi connectivity index (χ1v) is 8.66. The van der Waals surface area contributed by atoms with Crippen LogP contribution in [0.15, 0.2) is 30.3 Å². The molecule has 2 heterocycles. The van der Waals surface area contributed by atoms with Crippen molar-refractivity contribution in [2.75, 3.05) is 11.9 Å². The standard InChI is InChI=1S/C20H19F2NO3/c1-10-4-5-16-13(7-10)19-12(3-2-6-26-19)18(23-16)11-8-14(21)17(20(24)25)15(22)9-11/h4-5,7-9,12,18-19,23H,2-3,6H2,1H3,(H,24,25)/t12-,18-,19-/m1/s1. The van der Waals surface area contributed by atoms with Crippen LogP contribution in [0, 0.1) is 24.5 Å². The summed E-state index contributed by atoms with van der Waals surface area (Å²) in [5.74, 6) is -3.70. The monoisotopic (exact) mass is 359 g/mol. The number of aromatic carboxylic acids is 1. The molecular weight excluding hydrogens is 340 g/mol. The molecule has 0 aliphatic carbocycles. The van der Waals surface area contributed by atoms with Gasteiger partial charge in [-0.2, -0.15) is 0 Å². The van der Waals surface area contributed by atoms with Crippen LogP contribution in [0.3, 0.4) is 0 Å². The molecule has 0 unspecified atom stereocenters. The summed E-state index contributed by atoms with van der Waals surface area (Å²) < 4.78 is 34.4. The highest BCUT2D eigenvalue weighted by atomic mass is 19.1. The van der Waals surface area contributed by atoms with Gasteiger partial charge in [-0.25, -0.2) is 13.6 Å². The molecule has 0 saturated carbocycles.